The summed E-state index contributed by atoms with van der Waals surface area (Å²) in [7, 11) is 0. The van der Waals surface area contributed by atoms with Gasteiger partial charge in [-0.15, -0.1) is 0 Å². The largest absolute Gasteiger partial charge is 0.488 e. The maximum Gasteiger partial charge on any atom is 0.226 e. The van der Waals surface area contributed by atoms with Gasteiger partial charge in [-0.2, -0.15) is 0 Å². The number of fused-ring (bicyclic) bond motifs is 4. The summed E-state index contributed by atoms with van der Waals surface area (Å²) in [6.45, 7) is 0.782. The maximum absolute atomic E-state index is 13.3. The Bertz CT molecular complexity index is 622. The lowest BCUT2D eigenvalue weighted by molar-refractivity contribution is -0.140. The molecule has 3 fully saturated rings. The maximum atomic E-state index is 13.3. The smallest absolute Gasteiger partial charge is 0.226 e. The third kappa shape index (κ3) is 1.77. The number of para-hydroxylation sites is 1. The van der Waals surface area contributed by atoms with Crippen LogP contribution in [0.4, 0.5) is 0 Å². The molecule has 22 heavy (non-hydrogen) atoms. The molecule has 116 valence electrons. The van der Waals surface area contributed by atoms with Crippen molar-refractivity contribution in [2.75, 3.05) is 6.54 Å². The minimum atomic E-state index is 0.197. The molecule has 5 rings (SSSR count). The average Bonchev–Trinajstić information content (AvgIpc) is 3.22. The lowest BCUT2D eigenvalue weighted by Gasteiger charge is -2.35. The summed E-state index contributed by atoms with van der Waals surface area (Å²) in [5.74, 6) is 1.70. The molecule has 1 aromatic carbocycles. The van der Waals surface area contributed by atoms with E-state index in [0.29, 0.717) is 11.3 Å². The molecule has 1 amide bonds. The Hall–Kier alpha value is -1.51. The van der Waals surface area contributed by atoms with E-state index in [1.54, 1.807) is 0 Å². The lowest BCUT2D eigenvalue weighted by Crippen LogP contribution is -2.41. The summed E-state index contributed by atoms with van der Waals surface area (Å²) in [5, 5.41) is 0. The second-order valence-corrected chi connectivity index (χ2v) is 7.68. The van der Waals surface area contributed by atoms with Gasteiger partial charge in [0.1, 0.15) is 11.9 Å². The number of rotatable bonds is 1. The summed E-state index contributed by atoms with van der Waals surface area (Å²) in [4.78, 5) is 15.4. The minimum absolute atomic E-state index is 0.197. The highest BCUT2D eigenvalue weighted by atomic mass is 16.5. The molecule has 0 N–H and O–H groups in total. The van der Waals surface area contributed by atoms with Gasteiger partial charge >= 0.3 is 0 Å². The molecule has 2 aliphatic carbocycles. The summed E-state index contributed by atoms with van der Waals surface area (Å²) in [5.41, 5.74) is 1.59. The van der Waals surface area contributed by atoms with E-state index in [1.165, 1.54) is 37.7 Å². The fourth-order valence-corrected chi connectivity index (χ4v) is 5.11. The van der Waals surface area contributed by atoms with Gasteiger partial charge in [0.2, 0.25) is 5.91 Å². The normalized spacial score (nSPS) is 34.2. The van der Waals surface area contributed by atoms with Crippen molar-refractivity contribution in [3.63, 3.8) is 0 Å². The Morgan fingerprint density at radius 2 is 2.05 bits per heavy atom. The van der Waals surface area contributed by atoms with Crippen LogP contribution in [0.5, 0.6) is 5.75 Å². The first-order chi connectivity index (χ1) is 10.8. The number of amides is 1. The van der Waals surface area contributed by atoms with E-state index in [2.05, 4.69) is 17.0 Å². The molecular formula is C19H23NO2. The van der Waals surface area contributed by atoms with E-state index in [4.69, 9.17) is 4.74 Å². The van der Waals surface area contributed by atoms with Gasteiger partial charge in [-0.05, 0) is 37.2 Å². The quantitative estimate of drug-likeness (QED) is 0.791. The molecule has 2 bridgehead atoms. The molecule has 1 aromatic rings. The number of hydrogen-bond acceptors (Lipinski definition) is 2. The second-order valence-electron chi connectivity index (χ2n) is 7.68. The standard InChI is InChI=1S/C19H23NO2/c21-18(15-6-3-4-8-19(15)9-10-19)20-12-13-11-16(20)14-5-1-2-7-17(14)22-13/h1-2,5,7,13,15-16H,3-4,6,8-12H2/t13-,15?,16-/m0/s1. The van der Waals surface area contributed by atoms with Crippen molar-refractivity contribution in [3.8, 4) is 5.75 Å². The SMILES string of the molecule is O=C(C1CCCCC12CC2)N1C[C@@H]2C[C@H]1c1ccccc1O2. The zero-order chi connectivity index (χ0) is 14.7. The van der Waals surface area contributed by atoms with E-state index < -0.39 is 0 Å². The van der Waals surface area contributed by atoms with Crippen LogP contribution in [0.3, 0.4) is 0 Å². The number of benzene rings is 1. The van der Waals surface area contributed by atoms with Gasteiger partial charge < -0.3 is 9.64 Å². The fraction of sp³-hybridized carbons (Fsp3) is 0.632. The van der Waals surface area contributed by atoms with Crippen molar-refractivity contribution < 1.29 is 9.53 Å². The van der Waals surface area contributed by atoms with Crippen LogP contribution in [0.15, 0.2) is 24.3 Å². The Balaban J connectivity index is 1.45. The lowest BCUT2D eigenvalue weighted by atomic mass is 9.75. The molecule has 4 aliphatic rings. The molecular weight excluding hydrogens is 274 g/mol. The molecule has 1 saturated heterocycles. The van der Waals surface area contributed by atoms with E-state index in [9.17, 15) is 4.79 Å². The summed E-state index contributed by atoms with van der Waals surface area (Å²) in [6.07, 6.45) is 8.66. The highest BCUT2D eigenvalue weighted by Crippen LogP contribution is 2.60. The molecule has 3 nitrogen and oxygen atoms in total. The van der Waals surface area contributed by atoms with E-state index >= 15 is 0 Å². The Labute approximate surface area is 131 Å². The van der Waals surface area contributed by atoms with Gasteiger partial charge in [-0.3, -0.25) is 4.79 Å². The van der Waals surface area contributed by atoms with Crippen molar-refractivity contribution >= 4 is 5.91 Å². The van der Waals surface area contributed by atoms with Crippen LogP contribution >= 0.6 is 0 Å². The monoisotopic (exact) mass is 297 g/mol. The van der Waals surface area contributed by atoms with Crippen molar-refractivity contribution in [3.05, 3.63) is 29.8 Å². The Morgan fingerprint density at radius 3 is 2.91 bits per heavy atom. The summed E-state index contributed by atoms with van der Waals surface area (Å²) < 4.78 is 6.06. The van der Waals surface area contributed by atoms with Crippen LogP contribution in [-0.4, -0.2) is 23.5 Å². The first kappa shape index (κ1) is 13.0. The van der Waals surface area contributed by atoms with Crippen LogP contribution < -0.4 is 4.74 Å². The zero-order valence-electron chi connectivity index (χ0n) is 13.0. The third-order valence-corrected chi connectivity index (χ3v) is 6.46. The predicted molar refractivity (Wildman–Crippen MR) is 83.6 cm³/mol. The van der Waals surface area contributed by atoms with Gasteiger partial charge in [0.05, 0.1) is 12.6 Å². The van der Waals surface area contributed by atoms with Crippen molar-refractivity contribution in [2.45, 2.75) is 57.1 Å². The number of carbonyl (C=O) groups is 1. The number of likely N-dealkylation sites (tertiary alicyclic amines) is 1. The van der Waals surface area contributed by atoms with Gasteiger partial charge in [0, 0.05) is 17.9 Å². The number of hydrogen-bond donors (Lipinski definition) is 0. The molecule has 1 spiro atoms. The summed E-state index contributed by atoms with van der Waals surface area (Å²) in [6, 6.07) is 8.52. The zero-order valence-corrected chi connectivity index (χ0v) is 13.0. The molecule has 3 atom stereocenters. The fourth-order valence-electron chi connectivity index (χ4n) is 5.11. The van der Waals surface area contributed by atoms with Crippen molar-refractivity contribution in [2.24, 2.45) is 11.3 Å². The highest BCUT2D eigenvalue weighted by molar-refractivity contribution is 5.81. The first-order valence-corrected chi connectivity index (χ1v) is 8.83. The van der Waals surface area contributed by atoms with Gasteiger partial charge in [-0.1, -0.05) is 31.0 Å². The Kier molecular flexibility index (Phi) is 2.65. The summed E-state index contributed by atoms with van der Waals surface area (Å²) >= 11 is 0. The molecule has 0 aromatic heterocycles. The predicted octanol–water partition coefficient (Wildman–Crippen LogP) is 3.69. The van der Waals surface area contributed by atoms with Crippen molar-refractivity contribution in [1.82, 2.24) is 4.90 Å². The Morgan fingerprint density at radius 1 is 1.18 bits per heavy atom. The highest BCUT2D eigenvalue weighted by Gasteiger charge is 2.55. The molecule has 0 radical (unpaired) electrons. The number of nitrogens with zero attached hydrogens (tertiary/aromatic N) is 1. The topological polar surface area (TPSA) is 29.5 Å². The van der Waals surface area contributed by atoms with Crippen molar-refractivity contribution in [1.29, 1.82) is 0 Å². The van der Waals surface area contributed by atoms with Crippen LogP contribution in [-0.2, 0) is 4.79 Å². The number of ether oxygens (including phenoxy) is 1. The van der Waals surface area contributed by atoms with E-state index in [1.807, 2.05) is 12.1 Å². The van der Waals surface area contributed by atoms with Gasteiger partial charge in [0.25, 0.3) is 0 Å². The number of carbonyl (C=O) groups excluding carboxylic acids is 1. The van der Waals surface area contributed by atoms with Gasteiger partial charge in [0.15, 0.2) is 0 Å². The van der Waals surface area contributed by atoms with Crippen LogP contribution in [0, 0.1) is 11.3 Å². The van der Waals surface area contributed by atoms with Gasteiger partial charge in [-0.25, -0.2) is 0 Å². The van der Waals surface area contributed by atoms with Crippen LogP contribution in [0.25, 0.3) is 0 Å². The third-order valence-electron chi connectivity index (χ3n) is 6.46. The average molecular weight is 297 g/mol. The molecule has 2 heterocycles. The molecule has 2 saturated carbocycles. The molecule has 3 heteroatoms. The minimum Gasteiger partial charge on any atom is -0.488 e. The molecule has 1 unspecified atom stereocenters. The van der Waals surface area contributed by atoms with Crippen LogP contribution in [0.2, 0.25) is 0 Å². The first-order valence-electron chi connectivity index (χ1n) is 8.83. The van der Waals surface area contributed by atoms with E-state index in [0.717, 1.165) is 25.1 Å². The second kappa shape index (κ2) is 4.50. The van der Waals surface area contributed by atoms with E-state index in [-0.39, 0.29) is 18.1 Å². The van der Waals surface area contributed by atoms with Crippen LogP contribution in [0.1, 0.15) is 56.6 Å². The molecule has 2 aliphatic heterocycles.